The van der Waals surface area contributed by atoms with E-state index in [-0.39, 0.29) is 11.8 Å². The maximum atomic E-state index is 6.61. The fourth-order valence-electron chi connectivity index (χ4n) is 10.1. The smallest absolute Gasteiger partial charge is 0.164 e. The molecule has 0 bridgehead atoms. The van der Waals surface area contributed by atoms with Crippen molar-refractivity contribution in [2.45, 2.75) is 11.3 Å². The van der Waals surface area contributed by atoms with Crippen molar-refractivity contribution in [2.24, 2.45) is 5.92 Å². The second-order valence-electron chi connectivity index (χ2n) is 15.9. The first-order valence-corrected chi connectivity index (χ1v) is 20.6. The van der Waals surface area contributed by atoms with Gasteiger partial charge in [-0.1, -0.05) is 188 Å². The predicted octanol–water partition coefficient (Wildman–Crippen LogP) is 13.6. The van der Waals surface area contributed by atoms with Gasteiger partial charge >= 0.3 is 0 Å². The highest BCUT2D eigenvalue weighted by Crippen LogP contribution is 2.65. The zero-order valence-corrected chi connectivity index (χ0v) is 32.6. The van der Waals surface area contributed by atoms with E-state index in [0.29, 0.717) is 17.5 Å². The lowest BCUT2D eigenvalue weighted by Gasteiger charge is -2.43. The highest BCUT2D eigenvalue weighted by molar-refractivity contribution is 5.88. The van der Waals surface area contributed by atoms with E-state index in [2.05, 4.69) is 206 Å². The van der Waals surface area contributed by atoms with Crippen molar-refractivity contribution in [3.63, 3.8) is 0 Å². The van der Waals surface area contributed by atoms with Gasteiger partial charge in [-0.25, -0.2) is 15.0 Å². The summed E-state index contributed by atoms with van der Waals surface area (Å²) in [5.74, 6) is 4.04. The number of benzene rings is 8. The van der Waals surface area contributed by atoms with E-state index >= 15 is 0 Å². The number of aromatic nitrogens is 3. The highest BCUT2D eigenvalue weighted by atomic mass is 16.5. The molecule has 0 radical (unpaired) electrons. The zero-order valence-electron chi connectivity index (χ0n) is 32.6. The Morgan fingerprint density at radius 3 is 1.75 bits per heavy atom. The van der Waals surface area contributed by atoms with Crippen molar-refractivity contribution in [2.75, 3.05) is 0 Å². The summed E-state index contributed by atoms with van der Waals surface area (Å²) in [7, 11) is 0. The molecule has 0 N–H and O–H groups in total. The van der Waals surface area contributed by atoms with Crippen LogP contribution in [0.2, 0.25) is 0 Å². The number of allylic oxidation sites excluding steroid dienone is 4. The topological polar surface area (TPSA) is 47.9 Å². The van der Waals surface area contributed by atoms with E-state index in [1.807, 2.05) is 6.07 Å². The number of rotatable bonds is 5. The largest absolute Gasteiger partial charge is 0.457 e. The molecule has 4 nitrogen and oxygen atoms in total. The standard InChI is InChI=1S/C56H37N3O/c1-2-17-37(18-3-1)42-22-6-7-23-44(42)55-58-53(57-54(59-55)41-33-32-36-16-4-5-19-38(36)34-41)40-21-14-20-39(35-40)43-25-15-29-49-52(43)45-24-8-9-26-46(45)56(49)47-27-10-12-30-50(47)60-51-31-13-11-28-48(51)56/h1-35,45-46H. The third kappa shape index (κ3) is 5.27. The summed E-state index contributed by atoms with van der Waals surface area (Å²) < 4.78 is 6.61. The summed E-state index contributed by atoms with van der Waals surface area (Å²) in [5.41, 5.74) is 12.0. The monoisotopic (exact) mass is 767 g/mol. The Morgan fingerprint density at radius 1 is 0.383 bits per heavy atom. The second-order valence-corrected chi connectivity index (χ2v) is 15.9. The minimum absolute atomic E-state index is 0.154. The van der Waals surface area contributed by atoms with E-state index in [1.54, 1.807) is 0 Å². The molecule has 0 fully saturated rings. The average Bonchev–Trinajstić information content (AvgIpc) is 3.62. The molecule has 0 amide bonds. The number of fused-ring (bicyclic) bond motifs is 10. The first-order valence-electron chi connectivity index (χ1n) is 20.6. The second kappa shape index (κ2) is 13.7. The Kier molecular flexibility index (Phi) is 7.85. The Morgan fingerprint density at radius 2 is 0.950 bits per heavy atom. The Hall–Kier alpha value is -7.69. The van der Waals surface area contributed by atoms with Crippen LogP contribution < -0.4 is 4.74 Å². The maximum Gasteiger partial charge on any atom is 0.164 e. The van der Waals surface area contributed by atoms with Crippen molar-refractivity contribution in [3.8, 4) is 67.9 Å². The molecule has 3 aliphatic rings. The van der Waals surface area contributed by atoms with Gasteiger partial charge in [0, 0.05) is 39.7 Å². The minimum Gasteiger partial charge on any atom is -0.457 e. The van der Waals surface area contributed by atoms with Crippen LogP contribution in [-0.2, 0) is 5.41 Å². The molecular formula is C56H37N3O. The lowest BCUT2D eigenvalue weighted by atomic mass is 9.62. The quantitative estimate of drug-likeness (QED) is 0.175. The molecule has 2 heterocycles. The molecule has 1 spiro atoms. The molecule has 1 aromatic heterocycles. The summed E-state index contributed by atoms with van der Waals surface area (Å²) in [4.78, 5) is 15.7. The predicted molar refractivity (Wildman–Crippen MR) is 242 cm³/mol. The zero-order chi connectivity index (χ0) is 39.6. The number of para-hydroxylation sites is 2. The summed E-state index contributed by atoms with van der Waals surface area (Å²) in [6, 6.07) is 66.5. The molecule has 2 unspecified atom stereocenters. The summed E-state index contributed by atoms with van der Waals surface area (Å²) in [6.07, 6.45) is 9.24. The Balaban J connectivity index is 1.05. The molecule has 4 heteroatoms. The average molecular weight is 768 g/mol. The maximum absolute atomic E-state index is 6.61. The summed E-state index contributed by atoms with van der Waals surface area (Å²) in [6.45, 7) is 0. The molecular weight excluding hydrogens is 731 g/mol. The SMILES string of the molecule is C1=CC2c3c(-c4cccc(-c5nc(-c6ccc7ccccc7c6)nc(-c6ccccc6-c6ccccc6)n5)c4)cccc3C3(c4ccccc4Oc4ccccc43)C2C=C1. The van der Waals surface area contributed by atoms with Crippen molar-refractivity contribution in [3.05, 3.63) is 235 Å². The van der Waals surface area contributed by atoms with E-state index in [9.17, 15) is 0 Å². The Bertz CT molecular complexity index is 3170. The first kappa shape index (κ1) is 34.4. The molecule has 282 valence electrons. The van der Waals surface area contributed by atoms with Gasteiger partial charge in [0.15, 0.2) is 17.5 Å². The highest BCUT2D eigenvalue weighted by Gasteiger charge is 2.57. The molecule has 9 aromatic rings. The lowest BCUT2D eigenvalue weighted by Crippen LogP contribution is -2.37. The number of hydrogen-bond donors (Lipinski definition) is 0. The van der Waals surface area contributed by atoms with Gasteiger partial charge in [-0.15, -0.1) is 0 Å². The fraction of sp³-hybridized carbons (Fsp3) is 0.0536. The van der Waals surface area contributed by atoms with Crippen LogP contribution in [0.1, 0.15) is 28.2 Å². The first-order chi connectivity index (χ1) is 29.7. The van der Waals surface area contributed by atoms with E-state index < -0.39 is 5.41 Å². The van der Waals surface area contributed by atoms with Crippen LogP contribution in [0.3, 0.4) is 0 Å². The molecule has 1 aliphatic heterocycles. The van der Waals surface area contributed by atoms with E-state index in [1.165, 1.54) is 33.2 Å². The van der Waals surface area contributed by atoms with Crippen LogP contribution in [0.5, 0.6) is 11.5 Å². The van der Waals surface area contributed by atoms with Crippen molar-refractivity contribution >= 4 is 10.8 Å². The van der Waals surface area contributed by atoms with Gasteiger partial charge in [-0.2, -0.15) is 0 Å². The van der Waals surface area contributed by atoms with Crippen LogP contribution >= 0.6 is 0 Å². The van der Waals surface area contributed by atoms with Crippen LogP contribution in [0, 0.1) is 5.92 Å². The molecule has 60 heavy (non-hydrogen) atoms. The van der Waals surface area contributed by atoms with Gasteiger partial charge in [0.25, 0.3) is 0 Å². The number of hydrogen-bond acceptors (Lipinski definition) is 4. The van der Waals surface area contributed by atoms with Gasteiger partial charge < -0.3 is 4.74 Å². The van der Waals surface area contributed by atoms with E-state index in [4.69, 9.17) is 19.7 Å². The molecule has 8 aromatic carbocycles. The minimum atomic E-state index is -0.426. The van der Waals surface area contributed by atoms with Crippen LogP contribution in [0.25, 0.3) is 67.2 Å². The third-order valence-electron chi connectivity index (χ3n) is 12.7. The molecule has 0 saturated heterocycles. The lowest BCUT2D eigenvalue weighted by molar-refractivity contribution is 0.374. The van der Waals surface area contributed by atoms with E-state index in [0.717, 1.165) is 50.3 Å². The van der Waals surface area contributed by atoms with Gasteiger partial charge in [-0.3, -0.25) is 0 Å². The van der Waals surface area contributed by atoms with Crippen LogP contribution in [0.15, 0.2) is 212 Å². The van der Waals surface area contributed by atoms with Gasteiger partial charge in [-0.05, 0) is 68.4 Å². The van der Waals surface area contributed by atoms with Crippen LogP contribution in [-0.4, -0.2) is 15.0 Å². The van der Waals surface area contributed by atoms with Crippen molar-refractivity contribution in [1.29, 1.82) is 0 Å². The summed E-state index contributed by atoms with van der Waals surface area (Å²) in [5, 5.41) is 2.31. The van der Waals surface area contributed by atoms with Crippen molar-refractivity contribution < 1.29 is 4.74 Å². The number of ether oxygens (including phenoxy) is 1. The van der Waals surface area contributed by atoms with Crippen LogP contribution in [0.4, 0.5) is 0 Å². The van der Waals surface area contributed by atoms with Crippen molar-refractivity contribution in [1.82, 2.24) is 15.0 Å². The molecule has 2 atom stereocenters. The third-order valence-corrected chi connectivity index (χ3v) is 12.7. The molecule has 2 aliphatic carbocycles. The molecule has 12 rings (SSSR count). The molecule has 0 saturated carbocycles. The normalized spacial score (nSPS) is 16.5. The van der Waals surface area contributed by atoms with Gasteiger partial charge in [0.2, 0.25) is 0 Å². The van der Waals surface area contributed by atoms with Gasteiger partial charge in [0.1, 0.15) is 11.5 Å². The number of nitrogens with zero attached hydrogens (tertiary/aromatic N) is 3. The fourth-order valence-corrected chi connectivity index (χ4v) is 10.1. The Labute approximate surface area is 348 Å². The summed E-state index contributed by atoms with van der Waals surface area (Å²) >= 11 is 0. The van der Waals surface area contributed by atoms with Gasteiger partial charge in [0.05, 0.1) is 5.41 Å².